The maximum Gasteiger partial charge on any atom is 0.280 e. The Morgan fingerprint density at radius 1 is 1.27 bits per heavy atom. The minimum absolute atomic E-state index is 0.0215. The van der Waals surface area contributed by atoms with E-state index in [0.29, 0.717) is 6.42 Å². The van der Waals surface area contributed by atoms with Crippen LogP contribution in [-0.2, 0) is 11.2 Å². The van der Waals surface area contributed by atoms with Crippen LogP contribution in [0.15, 0.2) is 58.0 Å². The van der Waals surface area contributed by atoms with E-state index < -0.39 is 17.8 Å². The van der Waals surface area contributed by atoms with Crippen LogP contribution in [0, 0.1) is 5.82 Å². The first kappa shape index (κ1) is 17.7. The molecule has 0 spiro atoms. The Morgan fingerprint density at radius 2 is 2.00 bits per heavy atom. The van der Waals surface area contributed by atoms with Crippen LogP contribution in [0.25, 0.3) is 11.0 Å². The monoisotopic (exact) mass is 354 g/mol. The third kappa shape index (κ3) is 3.74. The van der Waals surface area contributed by atoms with Gasteiger partial charge in [0.15, 0.2) is 17.7 Å². The number of hydrazone groups is 1. The van der Waals surface area contributed by atoms with Gasteiger partial charge in [-0.25, -0.2) is 9.82 Å². The van der Waals surface area contributed by atoms with Crippen molar-refractivity contribution in [2.45, 2.75) is 26.4 Å². The number of halogens is 1. The van der Waals surface area contributed by atoms with E-state index >= 15 is 0 Å². The van der Waals surface area contributed by atoms with E-state index in [2.05, 4.69) is 10.5 Å². The molecule has 3 rings (SSSR count). The molecule has 2 aromatic carbocycles. The highest BCUT2D eigenvalue weighted by Gasteiger charge is 2.16. The number of carbonyl (C=O) groups excluding carboxylic acids is 1. The Hall–Kier alpha value is -3.15. The summed E-state index contributed by atoms with van der Waals surface area (Å²) in [5.41, 5.74) is 4.01. The molecule has 3 aromatic rings. The molecular weight excluding hydrogens is 335 g/mol. The molecule has 0 aliphatic heterocycles. The van der Waals surface area contributed by atoms with Crippen LogP contribution in [0.3, 0.4) is 0 Å². The number of ether oxygens (including phenoxy) is 1. The minimum Gasteiger partial charge on any atom is -0.478 e. The zero-order valence-electron chi connectivity index (χ0n) is 14.5. The predicted octanol–water partition coefficient (Wildman–Crippen LogP) is 4.05. The van der Waals surface area contributed by atoms with E-state index in [-0.39, 0.29) is 5.75 Å². The molecule has 1 amide bonds. The molecule has 1 atom stereocenters. The minimum atomic E-state index is -0.893. The number of amides is 1. The van der Waals surface area contributed by atoms with Crippen LogP contribution < -0.4 is 10.2 Å². The zero-order chi connectivity index (χ0) is 18.5. The molecule has 0 unspecified atom stereocenters. The number of hydrogen-bond acceptors (Lipinski definition) is 4. The molecule has 6 heteroatoms. The van der Waals surface area contributed by atoms with E-state index in [9.17, 15) is 9.18 Å². The molecule has 0 aliphatic rings. The Bertz CT molecular complexity index is 949. The fourth-order valence-electron chi connectivity index (χ4n) is 2.56. The predicted molar refractivity (Wildman–Crippen MR) is 97.8 cm³/mol. The fourth-order valence-corrected chi connectivity index (χ4v) is 2.56. The van der Waals surface area contributed by atoms with Crippen LogP contribution >= 0.6 is 0 Å². The molecule has 0 fully saturated rings. The van der Waals surface area contributed by atoms with Gasteiger partial charge in [-0.2, -0.15) is 5.10 Å². The summed E-state index contributed by atoms with van der Waals surface area (Å²) in [4.78, 5) is 12.1. The van der Waals surface area contributed by atoms with Crippen molar-refractivity contribution in [3.05, 3.63) is 65.7 Å². The molecule has 0 bridgehead atoms. The topological polar surface area (TPSA) is 63.8 Å². The number of hydrogen-bond donors (Lipinski definition) is 1. The van der Waals surface area contributed by atoms with Crippen LogP contribution in [-0.4, -0.2) is 18.2 Å². The smallest absolute Gasteiger partial charge is 0.280 e. The Balaban J connectivity index is 1.68. The maximum absolute atomic E-state index is 13.6. The molecule has 0 radical (unpaired) electrons. The van der Waals surface area contributed by atoms with Gasteiger partial charge in [0.2, 0.25) is 0 Å². The molecule has 1 aromatic heterocycles. The number of para-hydroxylation sites is 2. The van der Waals surface area contributed by atoms with Crippen LogP contribution in [0.4, 0.5) is 4.39 Å². The number of benzene rings is 2. The summed E-state index contributed by atoms with van der Waals surface area (Å²) in [6.45, 7) is 3.51. The lowest BCUT2D eigenvalue weighted by atomic mass is 10.1. The van der Waals surface area contributed by atoms with Gasteiger partial charge in [-0.15, -0.1) is 0 Å². The standard InChI is InChI=1S/C20H19FN2O3/c1-3-17-15(14-8-4-6-10-18(14)26-17)12-22-23-20(24)13(2)25-19-11-7-5-9-16(19)21/h4-13H,3H2,1-2H3,(H,23,24)/b22-12-/t13-/m1/s1. The number of fused-ring (bicyclic) bond motifs is 1. The average molecular weight is 354 g/mol. The van der Waals surface area contributed by atoms with Gasteiger partial charge in [0.1, 0.15) is 11.3 Å². The summed E-state index contributed by atoms with van der Waals surface area (Å²) in [7, 11) is 0. The summed E-state index contributed by atoms with van der Waals surface area (Å²) in [6, 6.07) is 13.6. The quantitative estimate of drug-likeness (QED) is 0.536. The first-order chi connectivity index (χ1) is 12.6. The Morgan fingerprint density at radius 3 is 2.77 bits per heavy atom. The van der Waals surface area contributed by atoms with Crippen molar-refractivity contribution < 1.29 is 18.3 Å². The zero-order valence-corrected chi connectivity index (χ0v) is 14.5. The summed E-state index contributed by atoms with van der Waals surface area (Å²) < 4.78 is 24.7. The molecule has 26 heavy (non-hydrogen) atoms. The highest BCUT2D eigenvalue weighted by Crippen LogP contribution is 2.24. The number of nitrogens with one attached hydrogen (secondary N) is 1. The van der Waals surface area contributed by atoms with Gasteiger partial charge in [-0.05, 0) is 25.1 Å². The summed E-state index contributed by atoms with van der Waals surface area (Å²) >= 11 is 0. The summed E-state index contributed by atoms with van der Waals surface area (Å²) in [5.74, 6) is -0.184. The average Bonchev–Trinajstić information content (AvgIpc) is 3.01. The molecule has 5 nitrogen and oxygen atoms in total. The molecule has 0 aliphatic carbocycles. The molecule has 0 saturated heterocycles. The van der Waals surface area contributed by atoms with Crippen molar-refractivity contribution in [2.24, 2.45) is 5.10 Å². The first-order valence-corrected chi connectivity index (χ1v) is 8.34. The van der Waals surface area contributed by atoms with Crippen molar-refractivity contribution >= 4 is 23.1 Å². The van der Waals surface area contributed by atoms with Crippen molar-refractivity contribution in [3.63, 3.8) is 0 Å². The normalized spacial score (nSPS) is 12.4. The van der Waals surface area contributed by atoms with Crippen LogP contribution in [0.1, 0.15) is 25.2 Å². The van der Waals surface area contributed by atoms with Crippen LogP contribution in [0.5, 0.6) is 5.75 Å². The lowest BCUT2D eigenvalue weighted by molar-refractivity contribution is -0.127. The van der Waals surface area contributed by atoms with Gasteiger partial charge in [0.05, 0.1) is 6.21 Å². The van der Waals surface area contributed by atoms with Crippen molar-refractivity contribution in [1.82, 2.24) is 5.43 Å². The lowest BCUT2D eigenvalue weighted by Crippen LogP contribution is -2.33. The van der Waals surface area contributed by atoms with E-state index in [0.717, 1.165) is 22.3 Å². The third-order valence-electron chi connectivity index (χ3n) is 3.91. The maximum atomic E-state index is 13.6. The van der Waals surface area contributed by atoms with E-state index in [1.165, 1.54) is 19.1 Å². The van der Waals surface area contributed by atoms with Crippen LogP contribution in [0.2, 0.25) is 0 Å². The number of nitrogens with zero attached hydrogens (tertiary/aromatic N) is 1. The SMILES string of the molecule is CCc1oc2ccccc2c1/C=N\NC(=O)[C@@H](C)Oc1ccccc1F. The Kier molecular flexibility index (Phi) is 5.31. The second-order valence-electron chi connectivity index (χ2n) is 5.71. The summed E-state index contributed by atoms with van der Waals surface area (Å²) in [6.07, 6.45) is 1.37. The van der Waals surface area contributed by atoms with Gasteiger partial charge in [0.25, 0.3) is 5.91 Å². The van der Waals surface area contributed by atoms with Gasteiger partial charge < -0.3 is 9.15 Å². The van der Waals surface area contributed by atoms with Crippen molar-refractivity contribution in [2.75, 3.05) is 0 Å². The van der Waals surface area contributed by atoms with Gasteiger partial charge >= 0.3 is 0 Å². The molecule has 1 N–H and O–H groups in total. The van der Waals surface area contributed by atoms with Crippen molar-refractivity contribution in [3.8, 4) is 5.75 Å². The molecule has 134 valence electrons. The second-order valence-corrected chi connectivity index (χ2v) is 5.71. The van der Waals surface area contributed by atoms with Crippen molar-refractivity contribution in [1.29, 1.82) is 0 Å². The number of furan rings is 1. The fraction of sp³-hybridized carbons (Fsp3) is 0.200. The van der Waals surface area contributed by atoms with Gasteiger partial charge in [0, 0.05) is 17.4 Å². The van der Waals surface area contributed by atoms with Gasteiger partial charge in [-0.3, -0.25) is 4.79 Å². The highest BCUT2D eigenvalue weighted by atomic mass is 19.1. The number of aryl methyl sites for hydroxylation is 1. The largest absolute Gasteiger partial charge is 0.478 e. The number of carbonyl (C=O) groups is 1. The molecule has 1 heterocycles. The lowest BCUT2D eigenvalue weighted by Gasteiger charge is -2.13. The second kappa shape index (κ2) is 7.82. The third-order valence-corrected chi connectivity index (χ3v) is 3.91. The van der Waals surface area contributed by atoms with E-state index in [4.69, 9.17) is 9.15 Å². The van der Waals surface area contributed by atoms with E-state index in [1.807, 2.05) is 31.2 Å². The van der Waals surface area contributed by atoms with E-state index in [1.54, 1.807) is 18.3 Å². The molecular formula is C20H19FN2O3. The summed E-state index contributed by atoms with van der Waals surface area (Å²) in [5, 5.41) is 4.93. The highest BCUT2D eigenvalue weighted by molar-refractivity contribution is 5.99. The molecule has 0 saturated carbocycles. The number of rotatable bonds is 6. The van der Waals surface area contributed by atoms with Gasteiger partial charge in [-0.1, -0.05) is 37.3 Å². The first-order valence-electron chi connectivity index (χ1n) is 8.34. The Labute approximate surface area is 150 Å².